The van der Waals surface area contributed by atoms with E-state index in [9.17, 15) is 9.90 Å². The molecule has 0 aromatic heterocycles. The lowest BCUT2D eigenvalue weighted by Crippen LogP contribution is -2.08. The van der Waals surface area contributed by atoms with Crippen molar-refractivity contribution in [2.75, 3.05) is 12.4 Å². The fourth-order valence-electron chi connectivity index (χ4n) is 2.60. The van der Waals surface area contributed by atoms with Gasteiger partial charge in [0.1, 0.15) is 5.75 Å². The first kappa shape index (κ1) is 20.3. The summed E-state index contributed by atoms with van der Waals surface area (Å²) in [4.78, 5) is 12.5. The molecule has 0 saturated heterocycles. The van der Waals surface area contributed by atoms with Crippen LogP contribution in [0.15, 0.2) is 60.4 Å². The third-order valence-electron chi connectivity index (χ3n) is 3.99. The van der Waals surface area contributed by atoms with Crippen LogP contribution in [0.2, 0.25) is 0 Å². The van der Waals surface area contributed by atoms with E-state index in [2.05, 4.69) is 11.4 Å². The maximum atomic E-state index is 12.5. The Morgan fingerprint density at radius 1 is 1.19 bits per heavy atom. The molecule has 0 aliphatic rings. The van der Waals surface area contributed by atoms with E-state index < -0.39 is 5.78 Å². The molecule has 0 radical (unpaired) electrons. The van der Waals surface area contributed by atoms with Crippen LogP contribution in [0.25, 0.3) is 6.08 Å². The zero-order valence-electron chi connectivity index (χ0n) is 16.3. The van der Waals surface area contributed by atoms with Gasteiger partial charge in [-0.25, -0.2) is 0 Å². The third-order valence-corrected chi connectivity index (χ3v) is 3.99. The number of allylic oxidation sites excluding steroid dienone is 3. The maximum Gasteiger partial charge on any atom is 0.227 e. The molecular weight excluding hydrogens is 338 g/mol. The average molecular weight is 365 g/mol. The van der Waals surface area contributed by atoms with Gasteiger partial charge in [-0.3, -0.25) is 4.79 Å². The summed E-state index contributed by atoms with van der Waals surface area (Å²) in [6.07, 6.45) is 6.29. The quantitative estimate of drug-likeness (QED) is 0.284. The van der Waals surface area contributed by atoms with E-state index in [1.54, 1.807) is 24.3 Å². The van der Waals surface area contributed by atoms with Crippen LogP contribution in [0, 0.1) is 0 Å². The lowest BCUT2D eigenvalue weighted by molar-refractivity contribution is 0.0980. The Morgan fingerprint density at radius 2 is 1.89 bits per heavy atom. The molecule has 0 saturated carbocycles. The molecule has 4 nitrogen and oxygen atoms in total. The van der Waals surface area contributed by atoms with Crippen molar-refractivity contribution in [1.82, 2.24) is 0 Å². The van der Waals surface area contributed by atoms with Crippen LogP contribution in [0.1, 0.15) is 42.3 Å². The zero-order valence-corrected chi connectivity index (χ0v) is 16.3. The highest BCUT2D eigenvalue weighted by atomic mass is 16.5. The highest BCUT2D eigenvalue weighted by molar-refractivity contribution is 6.09. The minimum absolute atomic E-state index is 0.00882. The number of ketones is 1. The second-order valence-corrected chi connectivity index (χ2v) is 6.50. The van der Waals surface area contributed by atoms with Gasteiger partial charge >= 0.3 is 0 Å². The van der Waals surface area contributed by atoms with Gasteiger partial charge in [0.15, 0.2) is 5.76 Å². The van der Waals surface area contributed by atoms with Crippen molar-refractivity contribution in [2.45, 2.75) is 33.3 Å². The second kappa shape index (κ2) is 9.62. The van der Waals surface area contributed by atoms with E-state index in [1.807, 2.05) is 52.1 Å². The van der Waals surface area contributed by atoms with Crippen LogP contribution in [-0.4, -0.2) is 24.0 Å². The van der Waals surface area contributed by atoms with E-state index in [4.69, 9.17) is 4.74 Å². The van der Waals surface area contributed by atoms with Crippen LogP contribution < -0.4 is 10.1 Å². The molecule has 2 N–H and O–H groups in total. The molecule has 0 amide bonds. The minimum atomic E-state index is -0.424. The number of hydrogen-bond acceptors (Lipinski definition) is 4. The van der Waals surface area contributed by atoms with E-state index in [1.165, 1.54) is 6.08 Å². The van der Waals surface area contributed by atoms with E-state index in [0.717, 1.165) is 17.7 Å². The molecule has 2 aromatic rings. The van der Waals surface area contributed by atoms with Crippen molar-refractivity contribution < 1.29 is 14.6 Å². The van der Waals surface area contributed by atoms with E-state index >= 15 is 0 Å². The number of benzene rings is 2. The molecule has 142 valence electrons. The van der Waals surface area contributed by atoms with Crippen molar-refractivity contribution in [3.05, 3.63) is 77.1 Å². The third kappa shape index (κ3) is 5.74. The summed E-state index contributed by atoms with van der Waals surface area (Å²) in [5.41, 5.74) is 3.09. The van der Waals surface area contributed by atoms with Gasteiger partial charge in [0.2, 0.25) is 5.78 Å². The molecule has 0 heterocycles. The summed E-state index contributed by atoms with van der Waals surface area (Å²) in [6, 6.07) is 12.8. The van der Waals surface area contributed by atoms with Crippen molar-refractivity contribution >= 4 is 17.5 Å². The smallest absolute Gasteiger partial charge is 0.227 e. The predicted octanol–water partition coefficient (Wildman–Crippen LogP) is 5.42. The van der Waals surface area contributed by atoms with Gasteiger partial charge in [-0.2, -0.15) is 0 Å². The van der Waals surface area contributed by atoms with Gasteiger partial charge in [0.05, 0.1) is 6.10 Å². The van der Waals surface area contributed by atoms with Gasteiger partial charge in [-0.05, 0) is 75.2 Å². The Morgan fingerprint density at radius 3 is 2.48 bits per heavy atom. The largest absolute Gasteiger partial charge is 0.504 e. The van der Waals surface area contributed by atoms with Crippen molar-refractivity contribution in [3.63, 3.8) is 0 Å². The molecule has 0 unspecified atom stereocenters. The number of nitrogens with one attached hydrogen (secondary N) is 1. The number of hydrogen-bond donors (Lipinski definition) is 2. The molecule has 0 spiro atoms. The van der Waals surface area contributed by atoms with Gasteiger partial charge in [0, 0.05) is 23.9 Å². The molecule has 0 aliphatic carbocycles. The van der Waals surface area contributed by atoms with E-state index in [0.29, 0.717) is 16.9 Å². The van der Waals surface area contributed by atoms with Crippen LogP contribution in [-0.2, 0) is 6.42 Å². The topological polar surface area (TPSA) is 58.6 Å². The Hall–Kier alpha value is -3.01. The van der Waals surface area contributed by atoms with E-state index in [-0.39, 0.29) is 11.9 Å². The SMILES string of the molecule is CC=CCc1ccc(OC(C)C)c(C=C(O)C(=O)c2ccc(NC)cc2)c1. The van der Waals surface area contributed by atoms with Crippen LogP contribution >= 0.6 is 0 Å². The van der Waals surface area contributed by atoms with Crippen LogP contribution in [0.4, 0.5) is 5.69 Å². The van der Waals surface area contributed by atoms with Gasteiger partial charge in [-0.1, -0.05) is 18.2 Å². The highest BCUT2D eigenvalue weighted by Crippen LogP contribution is 2.25. The van der Waals surface area contributed by atoms with Crippen LogP contribution in [0.5, 0.6) is 5.75 Å². The second-order valence-electron chi connectivity index (χ2n) is 6.50. The fraction of sp³-hybridized carbons (Fsp3) is 0.261. The number of carbonyl (C=O) groups excluding carboxylic acids is 1. The first-order valence-corrected chi connectivity index (χ1v) is 9.08. The lowest BCUT2D eigenvalue weighted by atomic mass is 10.0. The fourth-order valence-corrected chi connectivity index (χ4v) is 2.60. The summed E-state index contributed by atoms with van der Waals surface area (Å²) in [7, 11) is 1.81. The number of aliphatic hydroxyl groups is 1. The molecular formula is C23H27NO3. The molecule has 27 heavy (non-hydrogen) atoms. The van der Waals surface area contributed by atoms with Crippen LogP contribution in [0.3, 0.4) is 0 Å². The summed E-state index contributed by atoms with van der Waals surface area (Å²) in [5.74, 6) is -0.102. The normalized spacial score (nSPS) is 11.8. The first-order chi connectivity index (χ1) is 12.9. The molecule has 0 bridgehead atoms. The number of aliphatic hydroxyl groups excluding tert-OH is 1. The van der Waals surface area contributed by atoms with Gasteiger partial charge < -0.3 is 15.2 Å². The summed E-state index contributed by atoms with van der Waals surface area (Å²) >= 11 is 0. The standard InChI is InChI=1S/C23H27NO3/c1-5-6-7-17-8-13-22(27-16(2)3)19(14-17)15-21(25)23(26)18-9-11-20(24-4)12-10-18/h5-6,8-16,24-25H,7H2,1-4H3. The predicted molar refractivity (Wildman–Crippen MR) is 112 cm³/mol. The Labute approximate surface area is 161 Å². The monoisotopic (exact) mass is 365 g/mol. The number of rotatable bonds is 8. The minimum Gasteiger partial charge on any atom is -0.504 e. The number of ether oxygens (including phenoxy) is 1. The molecule has 2 rings (SSSR count). The summed E-state index contributed by atoms with van der Waals surface area (Å²) in [6.45, 7) is 5.85. The number of anilines is 1. The molecule has 0 fully saturated rings. The Kier molecular flexibility index (Phi) is 7.24. The lowest BCUT2D eigenvalue weighted by Gasteiger charge is -2.14. The molecule has 0 aliphatic heterocycles. The zero-order chi connectivity index (χ0) is 19.8. The molecule has 0 atom stereocenters. The molecule has 2 aromatic carbocycles. The highest BCUT2D eigenvalue weighted by Gasteiger charge is 2.13. The maximum absolute atomic E-state index is 12.5. The first-order valence-electron chi connectivity index (χ1n) is 9.08. The molecule has 4 heteroatoms. The average Bonchev–Trinajstić information content (AvgIpc) is 2.67. The Bertz CT molecular complexity index is 833. The van der Waals surface area contributed by atoms with Crippen molar-refractivity contribution in [3.8, 4) is 5.75 Å². The number of Topliss-reactive ketones (excluding diaryl/α,β-unsaturated/α-hetero) is 1. The van der Waals surface area contributed by atoms with Crippen molar-refractivity contribution in [2.24, 2.45) is 0 Å². The number of carbonyl (C=O) groups is 1. The van der Waals surface area contributed by atoms with Gasteiger partial charge in [-0.15, -0.1) is 0 Å². The van der Waals surface area contributed by atoms with Gasteiger partial charge in [0.25, 0.3) is 0 Å². The Balaban J connectivity index is 2.35. The van der Waals surface area contributed by atoms with Crippen molar-refractivity contribution in [1.29, 1.82) is 0 Å². The summed E-state index contributed by atoms with van der Waals surface area (Å²) < 4.78 is 5.83. The summed E-state index contributed by atoms with van der Waals surface area (Å²) in [5, 5.41) is 13.4.